The van der Waals surface area contributed by atoms with Crippen LogP contribution in [-0.2, 0) is 5.54 Å². The van der Waals surface area contributed by atoms with E-state index in [-0.39, 0.29) is 0 Å². The lowest BCUT2D eigenvalue weighted by Gasteiger charge is -2.37. The molecule has 0 aliphatic carbocycles. The molecular weight excluding hydrogens is 302 g/mol. The lowest BCUT2D eigenvalue weighted by atomic mass is 9.77. The van der Waals surface area contributed by atoms with Gasteiger partial charge >= 0.3 is 0 Å². The van der Waals surface area contributed by atoms with Gasteiger partial charge in [-0.15, -0.1) is 0 Å². The maximum absolute atomic E-state index is 9.35. The molecule has 4 rings (SSSR count). The molecule has 0 amide bonds. The summed E-state index contributed by atoms with van der Waals surface area (Å²) in [4.78, 5) is 5.48. The summed E-state index contributed by atoms with van der Waals surface area (Å²) in [6.45, 7) is 0. The van der Waals surface area contributed by atoms with Gasteiger partial charge in [-0.3, -0.25) is 0 Å². The molecule has 0 spiro atoms. The van der Waals surface area contributed by atoms with E-state index in [2.05, 4.69) is 34.3 Å². The summed E-state index contributed by atoms with van der Waals surface area (Å²) < 4.78 is 0. The van der Waals surface area contributed by atoms with Crippen molar-refractivity contribution in [3.8, 4) is 0 Å². The Balaban J connectivity index is 2.15. The van der Waals surface area contributed by atoms with Crippen molar-refractivity contribution in [3.05, 3.63) is 106 Å². The molecule has 0 atom stereocenters. The summed E-state index contributed by atoms with van der Waals surface area (Å²) in [5.74, 6) is 0. The summed E-state index contributed by atoms with van der Waals surface area (Å²) in [7, 11) is 0. The SMILES string of the molecule is [N-]=[N+]=NC1(c2ccccc2)c2ccccc2Sc2ccccc21. The van der Waals surface area contributed by atoms with Gasteiger partial charge < -0.3 is 0 Å². The first-order chi connectivity index (χ1) is 11.4. The molecular formula is C19H13N3S. The van der Waals surface area contributed by atoms with Crippen molar-refractivity contribution in [3.63, 3.8) is 0 Å². The second-order valence-corrected chi connectivity index (χ2v) is 6.44. The Hall–Kier alpha value is -2.68. The number of nitrogens with zero attached hydrogens (tertiary/aromatic N) is 3. The monoisotopic (exact) mass is 315 g/mol. The number of hydrogen-bond donors (Lipinski definition) is 0. The lowest BCUT2D eigenvalue weighted by Crippen LogP contribution is -2.30. The third-order valence-electron chi connectivity index (χ3n) is 4.16. The second kappa shape index (κ2) is 5.51. The van der Waals surface area contributed by atoms with Crippen LogP contribution in [0.5, 0.6) is 0 Å². The highest BCUT2D eigenvalue weighted by molar-refractivity contribution is 7.99. The minimum Gasteiger partial charge on any atom is -0.0894 e. The lowest BCUT2D eigenvalue weighted by molar-refractivity contribution is 0.614. The van der Waals surface area contributed by atoms with Crippen molar-refractivity contribution in [2.45, 2.75) is 15.3 Å². The van der Waals surface area contributed by atoms with E-state index in [1.54, 1.807) is 11.8 Å². The molecule has 0 unspecified atom stereocenters. The fourth-order valence-corrected chi connectivity index (χ4v) is 4.38. The van der Waals surface area contributed by atoms with Crippen molar-refractivity contribution in [2.24, 2.45) is 5.11 Å². The van der Waals surface area contributed by atoms with Crippen LogP contribution in [0.1, 0.15) is 16.7 Å². The van der Waals surface area contributed by atoms with Crippen molar-refractivity contribution < 1.29 is 0 Å². The van der Waals surface area contributed by atoms with Gasteiger partial charge in [0, 0.05) is 14.7 Å². The molecule has 0 bridgehead atoms. The zero-order valence-corrected chi connectivity index (χ0v) is 13.1. The van der Waals surface area contributed by atoms with E-state index in [0.717, 1.165) is 26.5 Å². The second-order valence-electron chi connectivity index (χ2n) is 5.36. The van der Waals surface area contributed by atoms with Crippen LogP contribution in [0, 0.1) is 0 Å². The van der Waals surface area contributed by atoms with Crippen molar-refractivity contribution in [2.75, 3.05) is 0 Å². The molecule has 0 N–H and O–H groups in total. The fraction of sp³-hybridized carbons (Fsp3) is 0.0526. The van der Waals surface area contributed by atoms with E-state index >= 15 is 0 Å². The molecule has 23 heavy (non-hydrogen) atoms. The van der Waals surface area contributed by atoms with Crippen LogP contribution in [0.3, 0.4) is 0 Å². The van der Waals surface area contributed by atoms with Crippen molar-refractivity contribution >= 4 is 11.8 Å². The van der Waals surface area contributed by atoms with E-state index in [1.165, 1.54) is 0 Å². The molecule has 1 aliphatic rings. The Labute approximate surface area is 138 Å². The Morgan fingerprint density at radius 3 is 1.83 bits per heavy atom. The van der Waals surface area contributed by atoms with Crippen LogP contribution in [0.25, 0.3) is 10.4 Å². The summed E-state index contributed by atoms with van der Waals surface area (Å²) in [5, 5.41) is 4.34. The van der Waals surface area contributed by atoms with Gasteiger partial charge in [0.2, 0.25) is 0 Å². The Morgan fingerprint density at radius 2 is 1.26 bits per heavy atom. The average molecular weight is 315 g/mol. The van der Waals surface area contributed by atoms with Gasteiger partial charge in [0.05, 0.1) is 0 Å². The van der Waals surface area contributed by atoms with Crippen LogP contribution in [0.15, 0.2) is 93.8 Å². The van der Waals surface area contributed by atoms with Gasteiger partial charge in [0.1, 0.15) is 5.54 Å². The predicted octanol–water partition coefficient (Wildman–Crippen LogP) is 5.75. The summed E-state index contributed by atoms with van der Waals surface area (Å²) in [5.41, 5.74) is 11.6. The summed E-state index contributed by atoms with van der Waals surface area (Å²) >= 11 is 1.72. The van der Waals surface area contributed by atoms with Crippen LogP contribution >= 0.6 is 11.8 Å². The molecule has 0 radical (unpaired) electrons. The van der Waals surface area contributed by atoms with E-state index < -0.39 is 5.54 Å². The summed E-state index contributed by atoms with van der Waals surface area (Å²) in [6.07, 6.45) is 0. The van der Waals surface area contributed by atoms with Gasteiger partial charge in [-0.05, 0) is 34.4 Å². The van der Waals surface area contributed by atoms with Gasteiger partial charge in [0.15, 0.2) is 0 Å². The molecule has 4 heteroatoms. The highest BCUT2D eigenvalue weighted by Crippen LogP contribution is 2.53. The van der Waals surface area contributed by atoms with E-state index in [0.29, 0.717) is 0 Å². The Kier molecular flexibility index (Phi) is 3.34. The van der Waals surface area contributed by atoms with Crippen LogP contribution in [-0.4, -0.2) is 0 Å². The third kappa shape index (κ3) is 2.04. The quantitative estimate of drug-likeness (QED) is 0.337. The number of hydrogen-bond acceptors (Lipinski definition) is 2. The minimum atomic E-state index is -0.825. The largest absolute Gasteiger partial charge is 0.126 e. The topological polar surface area (TPSA) is 48.8 Å². The van der Waals surface area contributed by atoms with Gasteiger partial charge in [0.25, 0.3) is 0 Å². The molecule has 0 fully saturated rings. The first kappa shape index (κ1) is 13.9. The highest BCUT2D eigenvalue weighted by Gasteiger charge is 2.41. The van der Waals surface area contributed by atoms with Gasteiger partial charge in [-0.1, -0.05) is 83.6 Å². The Morgan fingerprint density at radius 1 is 0.739 bits per heavy atom. The number of benzene rings is 3. The Bertz CT molecular complexity index is 869. The predicted molar refractivity (Wildman–Crippen MR) is 92.5 cm³/mol. The fourth-order valence-electron chi connectivity index (χ4n) is 3.20. The maximum atomic E-state index is 9.35. The zero-order chi connectivity index (χ0) is 15.7. The first-order valence-electron chi connectivity index (χ1n) is 7.35. The summed E-state index contributed by atoms with van der Waals surface area (Å²) in [6, 6.07) is 26.3. The average Bonchev–Trinajstić information content (AvgIpc) is 2.62. The van der Waals surface area contributed by atoms with E-state index in [1.807, 2.05) is 54.6 Å². The number of azide groups is 1. The van der Waals surface area contributed by atoms with Gasteiger partial charge in [-0.2, -0.15) is 0 Å². The molecule has 0 saturated heterocycles. The molecule has 3 aromatic carbocycles. The normalized spacial score (nSPS) is 14.3. The van der Waals surface area contributed by atoms with Crippen LogP contribution in [0.4, 0.5) is 0 Å². The smallest absolute Gasteiger partial charge is 0.0894 e. The van der Waals surface area contributed by atoms with Crippen molar-refractivity contribution in [1.82, 2.24) is 0 Å². The number of rotatable bonds is 2. The minimum absolute atomic E-state index is 0.825. The molecule has 110 valence electrons. The molecule has 0 saturated carbocycles. The first-order valence-corrected chi connectivity index (χ1v) is 8.16. The molecule has 3 aromatic rings. The molecule has 1 aliphatic heterocycles. The van der Waals surface area contributed by atoms with Gasteiger partial charge in [-0.25, -0.2) is 0 Å². The van der Waals surface area contributed by atoms with E-state index in [9.17, 15) is 5.53 Å². The zero-order valence-electron chi connectivity index (χ0n) is 12.3. The third-order valence-corrected chi connectivity index (χ3v) is 5.31. The van der Waals surface area contributed by atoms with Crippen LogP contribution < -0.4 is 0 Å². The van der Waals surface area contributed by atoms with Crippen LogP contribution in [0.2, 0.25) is 0 Å². The molecule has 1 heterocycles. The number of fused-ring (bicyclic) bond motifs is 2. The highest BCUT2D eigenvalue weighted by atomic mass is 32.2. The van der Waals surface area contributed by atoms with Crippen molar-refractivity contribution in [1.29, 1.82) is 0 Å². The molecule has 0 aromatic heterocycles. The maximum Gasteiger partial charge on any atom is 0.126 e. The molecule has 3 nitrogen and oxygen atoms in total. The van der Waals surface area contributed by atoms with E-state index in [4.69, 9.17) is 0 Å². The standard InChI is InChI=1S/C19H13N3S/c20-22-21-19(14-8-2-1-3-9-14)15-10-4-6-12-17(15)23-18-13-7-5-11-16(18)19/h1-13H.